The van der Waals surface area contributed by atoms with Gasteiger partial charge in [0.05, 0.1) is 6.54 Å². The Hall–Kier alpha value is -0.830. The molecule has 1 amide bonds. The van der Waals surface area contributed by atoms with E-state index in [0.29, 0.717) is 13.1 Å². The van der Waals surface area contributed by atoms with Crippen LogP contribution in [0.15, 0.2) is 12.7 Å². The van der Waals surface area contributed by atoms with Gasteiger partial charge < -0.3 is 10.6 Å². The molecule has 0 bridgehead atoms. The highest BCUT2D eigenvalue weighted by molar-refractivity contribution is 5.77. The monoisotopic (exact) mass is 172 g/mol. The molecule has 0 aromatic carbocycles. The van der Waals surface area contributed by atoms with Gasteiger partial charge in [0.25, 0.3) is 0 Å². The van der Waals surface area contributed by atoms with Crippen molar-refractivity contribution in [3.8, 4) is 0 Å². The molecule has 0 atom stereocenters. The van der Waals surface area contributed by atoms with Gasteiger partial charge in [-0.2, -0.15) is 0 Å². The first kappa shape index (κ1) is 13.7. The van der Waals surface area contributed by atoms with Crippen LogP contribution in [0.1, 0.15) is 20.3 Å². The molecule has 0 aliphatic carbocycles. The Morgan fingerprint density at radius 1 is 1.50 bits per heavy atom. The Labute approximate surface area is 75.2 Å². The molecule has 0 spiro atoms. The molecule has 2 N–H and O–H groups in total. The Bertz CT molecular complexity index is 113. The van der Waals surface area contributed by atoms with E-state index in [-0.39, 0.29) is 5.91 Å². The molecule has 0 aromatic rings. The molecule has 3 nitrogen and oxygen atoms in total. The van der Waals surface area contributed by atoms with E-state index in [2.05, 4.69) is 17.2 Å². The summed E-state index contributed by atoms with van der Waals surface area (Å²) in [6.07, 6.45) is 2.61. The highest BCUT2D eigenvalue weighted by atomic mass is 16.1. The summed E-state index contributed by atoms with van der Waals surface area (Å²) in [6, 6.07) is 0. The van der Waals surface area contributed by atoms with Crippen LogP contribution in [0.5, 0.6) is 0 Å². The number of likely N-dealkylation sites (N-methyl/N-ethyl adjacent to an activating group) is 1. The molecule has 0 rings (SSSR count). The highest BCUT2D eigenvalue weighted by Crippen LogP contribution is 1.74. The van der Waals surface area contributed by atoms with Gasteiger partial charge in [-0.3, -0.25) is 4.79 Å². The number of carbonyl (C=O) groups excluding carboxylic acids is 1. The van der Waals surface area contributed by atoms with Crippen LogP contribution in [0, 0.1) is 0 Å². The van der Waals surface area contributed by atoms with Crippen molar-refractivity contribution in [3.05, 3.63) is 12.7 Å². The van der Waals surface area contributed by atoms with Crippen molar-refractivity contribution in [2.75, 3.05) is 20.1 Å². The first-order valence-electron chi connectivity index (χ1n) is 4.33. The van der Waals surface area contributed by atoms with Gasteiger partial charge in [0.1, 0.15) is 0 Å². The smallest absolute Gasteiger partial charge is 0.233 e. The largest absolute Gasteiger partial charge is 0.355 e. The minimum atomic E-state index is 0.0318. The van der Waals surface area contributed by atoms with Crippen LogP contribution in [-0.4, -0.2) is 26.0 Å². The van der Waals surface area contributed by atoms with Gasteiger partial charge in [-0.1, -0.05) is 19.9 Å². The molecular weight excluding hydrogens is 152 g/mol. The van der Waals surface area contributed by atoms with E-state index >= 15 is 0 Å². The molecule has 0 saturated heterocycles. The Balaban J connectivity index is 0. The number of nitrogens with one attached hydrogen (secondary N) is 2. The summed E-state index contributed by atoms with van der Waals surface area (Å²) in [5, 5.41) is 5.47. The van der Waals surface area contributed by atoms with E-state index in [1.165, 1.54) is 0 Å². The van der Waals surface area contributed by atoms with Crippen molar-refractivity contribution in [3.63, 3.8) is 0 Å². The maximum atomic E-state index is 10.7. The molecule has 0 heterocycles. The standard InChI is InChI=1S/C7H14N2O.C2H6/c1-3-4-5-9-7(10)6-8-2;1-2/h3,8H,1,4-6H2,2H3,(H,9,10);1-2H3. The Morgan fingerprint density at radius 2 is 2.08 bits per heavy atom. The number of rotatable bonds is 5. The van der Waals surface area contributed by atoms with Crippen LogP contribution in [0.4, 0.5) is 0 Å². The first-order chi connectivity index (χ1) is 5.81. The first-order valence-corrected chi connectivity index (χ1v) is 4.33. The lowest BCUT2D eigenvalue weighted by Gasteiger charge is -2.00. The minimum absolute atomic E-state index is 0.0318. The summed E-state index contributed by atoms with van der Waals surface area (Å²) < 4.78 is 0. The van der Waals surface area contributed by atoms with Gasteiger partial charge in [0.2, 0.25) is 5.91 Å². The molecule has 0 aromatic heterocycles. The number of hydrogen-bond acceptors (Lipinski definition) is 2. The molecule has 0 aliphatic heterocycles. The zero-order chi connectivity index (χ0) is 9.82. The number of carbonyl (C=O) groups is 1. The van der Waals surface area contributed by atoms with Crippen LogP contribution < -0.4 is 10.6 Å². The summed E-state index contributed by atoms with van der Waals surface area (Å²) in [6.45, 7) is 8.61. The topological polar surface area (TPSA) is 41.1 Å². The van der Waals surface area contributed by atoms with Crippen molar-refractivity contribution in [1.82, 2.24) is 10.6 Å². The highest BCUT2D eigenvalue weighted by Gasteiger charge is 1.94. The van der Waals surface area contributed by atoms with Crippen molar-refractivity contribution in [2.45, 2.75) is 20.3 Å². The number of amides is 1. The lowest BCUT2D eigenvalue weighted by atomic mass is 10.4. The van der Waals surface area contributed by atoms with Gasteiger partial charge in [0.15, 0.2) is 0 Å². The maximum absolute atomic E-state index is 10.7. The van der Waals surface area contributed by atoms with Crippen molar-refractivity contribution < 1.29 is 4.79 Å². The van der Waals surface area contributed by atoms with Gasteiger partial charge >= 0.3 is 0 Å². The third-order valence-corrected chi connectivity index (χ3v) is 1.01. The normalized spacial score (nSPS) is 7.92. The fourth-order valence-corrected chi connectivity index (χ4v) is 0.537. The second-order valence-corrected chi connectivity index (χ2v) is 1.96. The molecule has 72 valence electrons. The fraction of sp³-hybridized carbons (Fsp3) is 0.667. The number of hydrogen-bond donors (Lipinski definition) is 2. The molecular formula is C9H20N2O. The zero-order valence-corrected chi connectivity index (χ0v) is 8.31. The molecule has 3 heteroatoms. The second-order valence-electron chi connectivity index (χ2n) is 1.96. The Kier molecular flexibility index (Phi) is 14.7. The van der Waals surface area contributed by atoms with Crippen molar-refractivity contribution in [1.29, 1.82) is 0 Å². The lowest BCUT2D eigenvalue weighted by Crippen LogP contribution is -2.32. The van der Waals surface area contributed by atoms with Gasteiger partial charge in [-0.15, -0.1) is 6.58 Å². The third kappa shape index (κ3) is 11.9. The van der Waals surface area contributed by atoms with E-state index in [0.717, 1.165) is 6.42 Å². The van der Waals surface area contributed by atoms with E-state index in [9.17, 15) is 4.79 Å². The van der Waals surface area contributed by atoms with Crippen LogP contribution >= 0.6 is 0 Å². The van der Waals surface area contributed by atoms with Gasteiger partial charge in [-0.25, -0.2) is 0 Å². The molecule has 0 fully saturated rings. The minimum Gasteiger partial charge on any atom is -0.355 e. The molecule has 0 saturated carbocycles. The summed E-state index contributed by atoms with van der Waals surface area (Å²) in [5.41, 5.74) is 0. The van der Waals surface area contributed by atoms with Gasteiger partial charge in [0, 0.05) is 6.54 Å². The summed E-state index contributed by atoms with van der Waals surface area (Å²) in [4.78, 5) is 10.7. The van der Waals surface area contributed by atoms with Crippen LogP contribution in [0.2, 0.25) is 0 Å². The third-order valence-electron chi connectivity index (χ3n) is 1.01. The lowest BCUT2D eigenvalue weighted by molar-refractivity contribution is -0.120. The SMILES string of the molecule is C=CCCNC(=O)CNC.CC. The molecule has 12 heavy (non-hydrogen) atoms. The molecule has 0 unspecified atom stereocenters. The summed E-state index contributed by atoms with van der Waals surface area (Å²) in [7, 11) is 1.74. The van der Waals surface area contributed by atoms with Crippen molar-refractivity contribution >= 4 is 5.91 Å². The predicted octanol–water partition coefficient (Wildman–Crippen LogP) is 0.924. The summed E-state index contributed by atoms with van der Waals surface area (Å²) >= 11 is 0. The quantitative estimate of drug-likeness (QED) is 0.478. The van der Waals surface area contributed by atoms with E-state index in [1.54, 1.807) is 13.1 Å². The molecule has 0 aliphatic rings. The average molecular weight is 172 g/mol. The predicted molar refractivity (Wildman–Crippen MR) is 53.1 cm³/mol. The average Bonchev–Trinajstić information content (AvgIpc) is 2.09. The molecule has 0 radical (unpaired) electrons. The Morgan fingerprint density at radius 3 is 2.50 bits per heavy atom. The van der Waals surface area contributed by atoms with Crippen LogP contribution in [-0.2, 0) is 4.79 Å². The fourth-order valence-electron chi connectivity index (χ4n) is 0.537. The van der Waals surface area contributed by atoms with E-state index in [4.69, 9.17) is 0 Å². The van der Waals surface area contributed by atoms with E-state index in [1.807, 2.05) is 13.8 Å². The maximum Gasteiger partial charge on any atom is 0.233 e. The van der Waals surface area contributed by atoms with Crippen LogP contribution in [0.25, 0.3) is 0 Å². The van der Waals surface area contributed by atoms with Crippen LogP contribution in [0.3, 0.4) is 0 Å². The van der Waals surface area contributed by atoms with Gasteiger partial charge in [-0.05, 0) is 13.5 Å². The van der Waals surface area contributed by atoms with Crippen molar-refractivity contribution in [2.24, 2.45) is 0 Å². The second kappa shape index (κ2) is 12.8. The zero-order valence-electron chi connectivity index (χ0n) is 8.31. The van der Waals surface area contributed by atoms with E-state index < -0.39 is 0 Å². The summed E-state index contributed by atoms with van der Waals surface area (Å²) in [5.74, 6) is 0.0318.